The molecule has 1 rings (SSSR count). The maximum absolute atomic E-state index is 12.5. The zero-order chi connectivity index (χ0) is 11.6. The molecule has 0 unspecified atom stereocenters. The highest BCUT2D eigenvalue weighted by Gasteiger charge is 2.34. The Morgan fingerprint density at radius 3 is 2.40 bits per heavy atom. The second-order valence-corrected chi connectivity index (χ2v) is 3.89. The van der Waals surface area contributed by atoms with E-state index in [1.54, 1.807) is 22.6 Å². The normalized spacial score (nSPS) is 11.6. The zero-order valence-corrected chi connectivity index (χ0v) is 10.0. The number of alkyl halides is 3. The molecule has 15 heavy (non-hydrogen) atoms. The maximum atomic E-state index is 12.5. The monoisotopic (exact) mass is 331 g/mol. The van der Waals surface area contributed by atoms with E-state index in [2.05, 4.69) is 0 Å². The molecular weight excluding hydrogens is 322 g/mol. The van der Waals surface area contributed by atoms with Gasteiger partial charge >= 0.3 is 6.18 Å². The molecule has 84 valence electrons. The van der Waals surface area contributed by atoms with Crippen LogP contribution in [-0.4, -0.2) is 7.11 Å². The van der Waals surface area contributed by atoms with Crippen LogP contribution in [0.1, 0.15) is 11.1 Å². The van der Waals surface area contributed by atoms with Crippen molar-refractivity contribution in [3.63, 3.8) is 0 Å². The molecule has 0 aliphatic carbocycles. The first-order valence-corrected chi connectivity index (χ1v) is 5.12. The lowest BCUT2D eigenvalue weighted by Crippen LogP contribution is -2.12. The van der Waals surface area contributed by atoms with E-state index in [1.165, 1.54) is 13.2 Å². The Labute approximate surface area is 98.7 Å². The standard InChI is InChI=1S/C9H9F3INO/c1-15-7-3-2-6(9(10,11)12)8(13)5(7)4-14/h2-3H,4,14H2,1H3. The molecule has 0 spiro atoms. The Kier molecular flexibility index (Phi) is 3.82. The van der Waals surface area contributed by atoms with Crippen LogP contribution in [0, 0.1) is 3.57 Å². The number of benzene rings is 1. The predicted octanol–water partition coefficient (Wildman–Crippen LogP) is 2.78. The molecule has 0 bridgehead atoms. The summed E-state index contributed by atoms with van der Waals surface area (Å²) in [5.41, 5.74) is 5.09. The minimum absolute atomic E-state index is 0.0192. The lowest BCUT2D eigenvalue weighted by Gasteiger charge is -2.14. The van der Waals surface area contributed by atoms with E-state index < -0.39 is 11.7 Å². The molecule has 2 N–H and O–H groups in total. The summed E-state index contributed by atoms with van der Waals surface area (Å²) in [6.45, 7) is 0.0192. The number of methoxy groups -OCH3 is 1. The van der Waals surface area contributed by atoms with Crippen LogP contribution < -0.4 is 10.5 Å². The van der Waals surface area contributed by atoms with E-state index in [1.807, 2.05) is 0 Å². The van der Waals surface area contributed by atoms with Gasteiger partial charge in [-0.25, -0.2) is 0 Å². The van der Waals surface area contributed by atoms with E-state index in [9.17, 15) is 13.2 Å². The van der Waals surface area contributed by atoms with Crippen molar-refractivity contribution < 1.29 is 17.9 Å². The van der Waals surface area contributed by atoms with E-state index in [-0.39, 0.29) is 10.1 Å². The SMILES string of the molecule is COc1ccc(C(F)(F)F)c(I)c1CN. The molecule has 6 heteroatoms. The summed E-state index contributed by atoms with van der Waals surface area (Å²) < 4.78 is 42.6. The van der Waals surface area contributed by atoms with Crippen molar-refractivity contribution in [1.82, 2.24) is 0 Å². The van der Waals surface area contributed by atoms with E-state index >= 15 is 0 Å². The average Bonchev–Trinajstić information content (AvgIpc) is 2.15. The molecule has 1 aromatic rings. The van der Waals surface area contributed by atoms with Gasteiger partial charge in [0.05, 0.1) is 12.7 Å². The second-order valence-electron chi connectivity index (χ2n) is 2.81. The quantitative estimate of drug-likeness (QED) is 0.846. The van der Waals surface area contributed by atoms with Gasteiger partial charge in [0.2, 0.25) is 0 Å². The highest BCUT2D eigenvalue weighted by molar-refractivity contribution is 14.1. The van der Waals surface area contributed by atoms with Crippen LogP contribution in [0.5, 0.6) is 5.75 Å². The summed E-state index contributed by atoms with van der Waals surface area (Å²) in [6.07, 6.45) is -4.35. The largest absolute Gasteiger partial charge is 0.496 e. The molecule has 0 aliphatic rings. The average molecular weight is 331 g/mol. The highest BCUT2D eigenvalue weighted by Crippen LogP contribution is 2.37. The van der Waals surface area contributed by atoms with Gasteiger partial charge in [-0.2, -0.15) is 13.2 Å². The van der Waals surface area contributed by atoms with Gasteiger partial charge in [0.25, 0.3) is 0 Å². The van der Waals surface area contributed by atoms with Gasteiger partial charge in [0.1, 0.15) is 5.75 Å². The second kappa shape index (κ2) is 4.56. The molecule has 0 fully saturated rings. The summed E-state index contributed by atoms with van der Waals surface area (Å²) in [6, 6.07) is 2.28. The first-order valence-electron chi connectivity index (χ1n) is 4.04. The number of hydrogen-bond acceptors (Lipinski definition) is 2. The maximum Gasteiger partial charge on any atom is 0.417 e. The van der Waals surface area contributed by atoms with E-state index in [0.717, 1.165) is 6.07 Å². The Morgan fingerprint density at radius 2 is 2.00 bits per heavy atom. The molecule has 0 radical (unpaired) electrons. The molecule has 0 atom stereocenters. The number of ether oxygens (including phenoxy) is 1. The smallest absolute Gasteiger partial charge is 0.417 e. The van der Waals surface area contributed by atoms with Crippen molar-refractivity contribution in [3.8, 4) is 5.75 Å². The van der Waals surface area contributed by atoms with E-state index in [0.29, 0.717) is 11.3 Å². The van der Waals surface area contributed by atoms with Crippen LogP contribution in [0.3, 0.4) is 0 Å². The first-order chi connectivity index (χ1) is 6.91. The summed E-state index contributed by atoms with van der Waals surface area (Å²) in [5, 5.41) is 0. The summed E-state index contributed by atoms with van der Waals surface area (Å²) in [5.74, 6) is 0.384. The van der Waals surface area contributed by atoms with Crippen molar-refractivity contribution in [3.05, 3.63) is 26.8 Å². The van der Waals surface area contributed by atoms with Gasteiger partial charge in [-0.3, -0.25) is 0 Å². The van der Waals surface area contributed by atoms with Crippen LogP contribution in [0.25, 0.3) is 0 Å². The molecule has 0 amide bonds. The molecule has 0 heterocycles. The van der Waals surface area contributed by atoms with Crippen molar-refractivity contribution in [2.75, 3.05) is 7.11 Å². The fourth-order valence-corrected chi connectivity index (χ4v) is 2.18. The van der Waals surface area contributed by atoms with E-state index in [4.69, 9.17) is 10.5 Å². The van der Waals surface area contributed by atoms with Gasteiger partial charge in [0, 0.05) is 15.7 Å². The molecule has 0 aliphatic heterocycles. The third-order valence-electron chi connectivity index (χ3n) is 1.93. The summed E-state index contributed by atoms with van der Waals surface area (Å²) >= 11 is 1.64. The third kappa shape index (κ3) is 2.54. The van der Waals surface area contributed by atoms with Gasteiger partial charge < -0.3 is 10.5 Å². The number of rotatable bonds is 2. The lowest BCUT2D eigenvalue weighted by molar-refractivity contribution is -0.138. The molecule has 2 nitrogen and oxygen atoms in total. The number of nitrogens with two attached hydrogens (primary N) is 1. The number of halogens is 4. The van der Waals surface area contributed by atoms with Gasteiger partial charge in [-0.15, -0.1) is 0 Å². The van der Waals surface area contributed by atoms with Crippen LogP contribution in [-0.2, 0) is 12.7 Å². The van der Waals surface area contributed by atoms with Crippen LogP contribution in [0.4, 0.5) is 13.2 Å². The summed E-state index contributed by atoms with van der Waals surface area (Å²) in [4.78, 5) is 0. The fraction of sp³-hybridized carbons (Fsp3) is 0.333. The minimum Gasteiger partial charge on any atom is -0.496 e. The van der Waals surface area contributed by atoms with Crippen LogP contribution in [0.2, 0.25) is 0 Å². The fourth-order valence-electron chi connectivity index (χ4n) is 1.20. The van der Waals surface area contributed by atoms with Crippen molar-refractivity contribution in [2.24, 2.45) is 5.73 Å². The predicted molar refractivity (Wildman–Crippen MR) is 58.6 cm³/mol. The van der Waals surface area contributed by atoms with Gasteiger partial charge in [-0.05, 0) is 34.7 Å². The first kappa shape index (κ1) is 12.6. The molecular formula is C9H9F3INO. The molecule has 0 saturated heterocycles. The Morgan fingerprint density at radius 1 is 1.40 bits per heavy atom. The van der Waals surface area contributed by atoms with Gasteiger partial charge in [0.15, 0.2) is 0 Å². The number of hydrogen-bond donors (Lipinski definition) is 1. The molecule has 0 aromatic heterocycles. The molecule has 1 aromatic carbocycles. The molecule has 0 saturated carbocycles. The Balaban J connectivity index is 3.36. The van der Waals surface area contributed by atoms with Crippen LogP contribution >= 0.6 is 22.6 Å². The minimum atomic E-state index is -4.35. The van der Waals surface area contributed by atoms with Crippen LogP contribution in [0.15, 0.2) is 12.1 Å². The lowest BCUT2D eigenvalue weighted by atomic mass is 10.1. The Bertz CT molecular complexity index is 365. The van der Waals surface area contributed by atoms with Crippen molar-refractivity contribution in [2.45, 2.75) is 12.7 Å². The zero-order valence-electron chi connectivity index (χ0n) is 7.86. The highest BCUT2D eigenvalue weighted by atomic mass is 127. The topological polar surface area (TPSA) is 35.2 Å². The van der Waals surface area contributed by atoms with Crippen molar-refractivity contribution >= 4 is 22.6 Å². The van der Waals surface area contributed by atoms with Gasteiger partial charge in [-0.1, -0.05) is 0 Å². The Hall–Kier alpha value is -0.500. The summed E-state index contributed by atoms with van der Waals surface area (Å²) in [7, 11) is 1.40. The van der Waals surface area contributed by atoms with Crippen molar-refractivity contribution in [1.29, 1.82) is 0 Å². The third-order valence-corrected chi connectivity index (χ3v) is 3.16.